The van der Waals surface area contributed by atoms with Crippen LogP contribution in [0.5, 0.6) is 0 Å². The van der Waals surface area contributed by atoms with Crippen LogP contribution in [-0.4, -0.2) is 46.9 Å². The zero-order valence-electron chi connectivity index (χ0n) is 15.4. The first-order valence-corrected chi connectivity index (χ1v) is 10.3. The first kappa shape index (κ1) is 17.9. The van der Waals surface area contributed by atoms with Gasteiger partial charge >= 0.3 is 0 Å². The fourth-order valence-electron chi connectivity index (χ4n) is 3.79. The summed E-state index contributed by atoms with van der Waals surface area (Å²) in [5.41, 5.74) is 0.942. The highest BCUT2D eigenvalue weighted by molar-refractivity contribution is 7.09. The van der Waals surface area contributed by atoms with E-state index in [2.05, 4.69) is 10.3 Å². The molecule has 1 aliphatic carbocycles. The van der Waals surface area contributed by atoms with Crippen LogP contribution in [0.1, 0.15) is 69.5 Å². The summed E-state index contributed by atoms with van der Waals surface area (Å²) in [4.78, 5) is 21.9. The molecular weight excluding hydrogens is 318 g/mol. The molecule has 1 aromatic rings. The lowest BCUT2D eigenvalue weighted by molar-refractivity contribution is -0.139. The van der Waals surface area contributed by atoms with Crippen molar-refractivity contribution in [2.75, 3.05) is 26.2 Å². The summed E-state index contributed by atoms with van der Waals surface area (Å²) in [6.07, 6.45) is 6.43. The van der Waals surface area contributed by atoms with Gasteiger partial charge in [-0.3, -0.25) is 9.69 Å². The molecule has 0 radical (unpaired) electrons. The SMILES string of the molecule is CC(C)(C)C(=O)N1CCCN(Cc2csc(C3CCCC3)n2)CC1. The fraction of sp³-hybridized carbons (Fsp3) is 0.789. The van der Waals surface area contributed by atoms with Crippen LogP contribution in [0, 0.1) is 5.41 Å². The summed E-state index contributed by atoms with van der Waals surface area (Å²) in [7, 11) is 0. The molecule has 2 heterocycles. The van der Waals surface area contributed by atoms with Crippen LogP contribution in [0.25, 0.3) is 0 Å². The molecule has 3 rings (SSSR count). The van der Waals surface area contributed by atoms with E-state index in [0.717, 1.165) is 39.1 Å². The van der Waals surface area contributed by atoms with Crippen molar-refractivity contribution >= 4 is 17.2 Å². The lowest BCUT2D eigenvalue weighted by Crippen LogP contribution is -2.41. The monoisotopic (exact) mass is 349 g/mol. The quantitative estimate of drug-likeness (QED) is 0.831. The lowest BCUT2D eigenvalue weighted by atomic mass is 9.94. The second-order valence-corrected chi connectivity index (χ2v) is 9.22. The maximum atomic E-state index is 12.5. The van der Waals surface area contributed by atoms with Crippen molar-refractivity contribution in [2.24, 2.45) is 5.41 Å². The molecule has 1 saturated heterocycles. The first-order valence-electron chi connectivity index (χ1n) is 9.39. The number of carbonyl (C=O) groups excluding carboxylic acids is 1. The van der Waals surface area contributed by atoms with Gasteiger partial charge in [0.25, 0.3) is 0 Å². The number of nitrogens with zero attached hydrogens (tertiary/aromatic N) is 3. The van der Waals surface area contributed by atoms with Gasteiger partial charge in [0, 0.05) is 49.4 Å². The number of rotatable bonds is 3. The molecule has 0 N–H and O–H groups in total. The molecule has 1 aromatic heterocycles. The average Bonchev–Trinajstić information content (AvgIpc) is 3.15. The van der Waals surface area contributed by atoms with Gasteiger partial charge in [0.2, 0.25) is 5.91 Å². The predicted molar refractivity (Wildman–Crippen MR) is 99.3 cm³/mol. The van der Waals surface area contributed by atoms with Gasteiger partial charge < -0.3 is 4.90 Å². The highest BCUT2D eigenvalue weighted by Crippen LogP contribution is 2.35. The van der Waals surface area contributed by atoms with E-state index in [1.165, 1.54) is 36.4 Å². The minimum absolute atomic E-state index is 0.278. The third-order valence-electron chi connectivity index (χ3n) is 5.18. The molecule has 0 bridgehead atoms. The van der Waals surface area contributed by atoms with Gasteiger partial charge in [0.05, 0.1) is 10.7 Å². The van der Waals surface area contributed by atoms with Crippen molar-refractivity contribution in [3.05, 3.63) is 16.1 Å². The highest BCUT2D eigenvalue weighted by atomic mass is 32.1. The lowest BCUT2D eigenvalue weighted by Gasteiger charge is -2.28. The summed E-state index contributed by atoms with van der Waals surface area (Å²) < 4.78 is 0. The van der Waals surface area contributed by atoms with Crippen LogP contribution in [0.15, 0.2) is 5.38 Å². The Hall–Kier alpha value is -0.940. The van der Waals surface area contributed by atoms with Gasteiger partial charge in [-0.25, -0.2) is 4.98 Å². The minimum atomic E-state index is -0.278. The Morgan fingerprint density at radius 2 is 1.92 bits per heavy atom. The second kappa shape index (κ2) is 7.52. The average molecular weight is 350 g/mol. The molecule has 2 aliphatic rings. The molecule has 0 atom stereocenters. The zero-order chi connectivity index (χ0) is 17.2. The van der Waals surface area contributed by atoms with E-state index in [4.69, 9.17) is 4.98 Å². The minimum Gasteiger partial charge on any atom is -0.341 e. The summed E-state index contributed by atoms with van der Waals surface area (Å²) in [6, 6.07) is 0. The molecule has 24 heavy (non-hydrogen) atoms. The van der Waals surface area contributed by atoms with Gasteiger partial charge in [-0.2, -0.15) is 0 Å². The smallest absolute Gasteiger partial charge is 0.227 e. The number of hydrogen-bond acceptors (Lipinski definition) is 4. The number of amides is 1. The first-order chi connectivity index (χ1) is 11.4. The summed E-state index contributed by atoms with van der Waals surface area (Å²) >= 11 is 1.85. The highest BCUT2D eigenvalue weighted by Gasteiger charge is 2.28. The Bertz CT molecular complexity index is 557. The van der Waals surface area contributed by atoms with Gasteiger partial charge in [0.15, 0.2) is 0 Å². The maximum Gasteiger partial charge on any atom is 0.227 e. The van der Waals surface area contributed by atoms with E-state index < -0.39 is 0 Å². The topological polar surface area (TPSA) is 36.4 Å². The number of carbonyl (C=O) groups is 1. The summed E-state index contributed by atoms with van der Waals surface area (Å²) in [6.45, 7) is 10.7. The van der Waals surface area contributed by atoms with Gasteiger partial charge in [-0.1, -0.05) is 33.6 Å². The molecule has 0 unspecified atom stereocenters. The third kappa shape index (κ3) is 4.37. The Balaban J connectivity index is 1.54. The van der Waals surface area contributed by atoms with Gasteiger partial charge in [-0.15, -0.1) is 11.3 Å². The van der Waals surface area contributed by atoms with E-state index in [9.17, 15) is 4.79 Å². The second-order valence-electron chi connectivity index (χ2n) is 8.33. The number of aromatic nitrogens is 1. The molecule has 4 nitrogen and oxygen atoms in total. The van der Waals surface area contributed by atoms with Crippen molar-refractivity contribution in [1.29, 1.82) is 0 Å². The van der Waals surface area contributed by atoms with E-state index in [-0.39, 0.29) is 11.3 Å². The molecule has 134 valence electrons. The third-order valence-corrected chi connectivity index (χ3v) is 6.23. The molecular formula is C19H31N3OS. The largest absolute Gasteiger partial charge is 0.341 e. The number of thiazole rings is 1. The molecule has 0 aromatic carbocycles. The standard InChI is InChI=1S/C19H31N3OS/c1-19(2,3)18(23)22-10-6-9-21(11-12-22)13-16-14-24-17(20-16)15-7-4-5-8-15/h14-15H,4-13H2,1-3H3. The van der Waals surface area contributed by atoms with Crippen LogP contribution < -0.4 is 0 Å². The molecule has 2 fully saturated rings. The van der Waals surface area contributed by atoms with E-state index >= 15 is 0 Å². The van der Waals surface area contributed by atoms with Crippen LogP contribution in [0.4, 0.5) is 0 Å². The summed E-state index contributed by atoms with van der Waals surface area (Å²) in [5.74, 6) is 0.995. The van der Waals surface area contributed by atoms with Crippen LogP contribution >= 0.6 is 11.3 Å². The van der Waals surface area contributed by atoms with Crippen molar-refractivity contribution in [3.63, 3.8) is 0 Å². The van der Waals surface area contributed by atoms with E-state index in [0.29, 0.717) is 5.92 Å². The molecule has 5 heteroatoms. The van der Waals surface area contributed by atoms with Crippen LogP contribution in [0.3, 0.4) is 0 Å². The van der Waals surface area contributed by atoms with Crippen LogP contribution in [-0.2, 0) is 11.3 Å². The predicted octanol–water partition coefficient (Wildman–Crippen LogP) is 3.88. The number of hydrogen-bond donors (Lipinski definition) is 0. The van der Waals surface area contributed by atoms with Crippen molar-refractivity contribution in [2.45, 2.75) is 65.3 Å². The molecule has 1 amide bonds. The Morgan fingerprint density at radius 3 is 2.62 bits per heavy atom. The fourth-order valence-corrected chi connectivity index (χ4v) is 4.77. The van der Waals surface area contributed by atoms with Crippen LogP contribution in [0.2, 0.25) is 0 Å². The Labute approximate surface area is 150 Å². The normalized spacial score (nSPS) is 21.2. The Kier molecular flexibility index (Phi) is 5.60. The molecule has 1 saturated carbocycles. The van der Waals surface area contributed by atoms with Gasteiger partial charge in [0.1, 0.15) is 0 Å². The van der Waals surface area contributed by atoms with Gasteiger partial charge in [-0.05, 0) is 19.3 Å². The summed E-state index contributed by atoms with van der Waals surface area (Å²) in [5, 5.41) is 3.60. The van der Waals surface area contributed by atoms with Crippen molar-refractivity contribution in [3.8, 4) is 0 Å². The zero-order valence-corrected chi connectivity index (χ0v) is 16.2. The maximum absolute atomic E-state index is 12.5. The Morgan fingerprint density at radius 1 is 1.17 bits per heavy atom. The molecule has 0 spiro atoms. The van der Waals surface area contributed by atoms with E-state index in [1.807, 2.05) is 37.0 Å². The van der Waals surface area contributed by atoms with Crippen molar-refractivity contribution < 1.29 is 4.79 Å². The molecule has 1 aliphatic heterocycles. The van der Waals surface area contributed by atoms with Crippen molar-refractivity contribution in [1.82, 2.24) is 14.8 Å². The van der Waals surface area contributed by atoms with E-state index in [1.54, 1.807) is 0 Å².